The van der Waals surface area contributed by atoms with E-state index in [1.807, 2.05) is 6.08 Å². The molecule has 0 amide bonds. The smallest absolute Gasteiger partial charge is 0.307 e. The summed E-state index contributed by atoms with van der Waals surface area (Å²) in [5.74, 6) is -2.98. The maximum Gasteiger partial charge on any atom is 0.307 e. The van der Waals surface area contributed by atoms with E-state index in [4.69, 9.17) is 10.2 Å². The molecule has 0 saturated carbocycles. The minimum atomic E-state index is -1.08. The van der Waals surface area contributed by atoms with Crippen LogP contribution in [0.25, 0.3) is 0 Å². The topological polar surface area (TPSA) is 74.6 Å². The molecule has 2 N–H and O–H groups in total. The van der Waals surface area contributed by atoms with Crippen LogP contribution < -0.4 is 0 Å². The number of allylic oxidation sites excluding steroid dienone is 4. The molecular formula is C16H26O4. The summed E-state index contributed by atoms with van der Waals surface area (Å²) >= 11 is 0. The van der Waals surface area contributed by atoms with Crippen molar-refractivity contribution >= 4 is 11.9 Å². The van der Waals surface area contributed by atoms with Crippen molar-refractivity contribution in [3.63, 3.8) is 0 Å². The van der Waals surface area contributed by atoms with E-state index in [0.717, 1.165) is 6.42 Å². The molecule has 0 aromatic rings. The average molecular weight is 282 g/mol. The average Bonchev–Trinajstić information content (AvgIpc) is 2.39. The lowest BCUT2D eigenvalue weighted by molar-refractivity contribution is -0.148. The molecule has 0 radical (unpaired) electrons. The van der Waals surface area contributed by atoms with E-state index in [1.165, 1.54) is 32.1 Å². The minimum absolute atomic E-state index is 0.252. The summed E-state index contributed by atoms with van der Waals surface area (Å²) in [7, 11) is 0. The molecule has 0 aromatic heterocycles. The Morgan fingerprint density at radius 2 is 1.65 bits per heavy atom. The molecule has 0 heterocycles. The van der Waals surface area contributed by atoms with Crippen molar-refractivity contribution in [2.24, 2.45) is 5.92 Å². The van der Waals surface area contributed by atoms with Crippen molar-refractivity contribution < 1.29 is 19.8 Å². The summed E-state index contributed by atoms with van der Waals surface area (Å²) in [5, 5.41) is 17.4. The molecule has 0 aliphatic heterocycles. The molecule has 0 aliphatic carbocycles. The maximum atomic E-state index is 10.8. The van der Waals surface area contributed by atoms with Gasteiger partial charge < -0.3 is 10.2 Å². The third kappa shape index (κ3) is 11.5. The molecule has 1 unspecified atom stereocenters. The first-order chi connectivity index (χ1) is 9.57. The summed E-state index contributed by atoms with van der Waals surface area (Å²) < 4.78 is 0. The third-order valence-corrected chi connectivity index (χ3v) is 3.05. The second kappa shape index (κ2) is 12.5. The van der Waals surface area contributed by atoms with Crippen LogP contribution >= 0.6 is 0 Å². The lowest BCUT2D eigenvalue weighted by Crippen LogP contribution is -2.16. The Labute approximate surface area is 121 Å². The van der Waals surface area contributed by atoms with Crippen molar-refractivity contribution in [3.8, 4) is 0 Å². The highest BCUT2D eigenvalue weighted by atomic mass is 16.4. The Balaban J connectivity index is 3.76. The molecule has 0 saturated heterocycles. The standard InChI is InChI=1S/C16H26O4/c1-2-3-4-5-6-7-8-9-10-11-12-14(16(19)20)13-15(17)18/h8-11,14H,2-7,12-13H2,1H3,(H,17,18)(H,19,20)/b9-8+,11-10+. The number of aliphatic carboxylic acids is 2. The maximum absolute atomic E-state index is 10.8. The van der Waals surface area contributed by atoms with Gasteiger partial charge in [0.25, 0.3) is 0 Å². The Bertz CT molecular complexity index is 331. The van der Waals surface area contributed by atoms with E-state index >= 15 is 0 Å². The van der Waals surface area contributed by atoms with Gasteiger partial charge in [-0.25, -0.2) is 0 Å². The number of rotatable bonds is 12. The highest BCUT2D eigenvalue weighted by molar-refractivity contribution is 5.77. The molecule has 4 heteroatoms. The van der Waals surface area contributed by atoms with Gasteiger partial charge in [-0.3, -0.25) is 9.59 Å². The number of unbranched alkanes of at least 4 members (excludes halogenated alkanes) is 5. The first-order valence-electron chi connectivity index (χ1n) is 7.34. The number of hydrogen-bond donors (Lipinski definition) is 2. The second-order valence-corrected chi connectivity index (χ2v) is 4.93. The lowest BCUT2D eigenvalue weighted by Gasteiger charge is -2.05. The largest absolute Gasteiger partial charge is 0.481 e. The van der Waals surface area contributed by atoms with Crippen LogP contribution in [-0.4, -0.2) is 22.2 Å². The van der Waals surface area contributed by atoms with Crippen molar-refractivity contribution in [2.75, 3.05) is 0 Å². The van der Waals surface area contributed by atoms with Gasteiger partial charge in [0.15, 0.2) is 0 Å². The van der Waals surface area contributed by atoms with Crippen LogP contribution in [0, 0.1) is 5.92 Å². The number of carboxylic acid groups (broad SMARTS) is 2. The molecule has 0 fully saturated rings. The summed E-state index contributed by atoms with van der Waals surface area (Å²) in [5.41, 5.74) is 0. The van der Waals surface area contributed by atoms with Crippen LogP contribution in [0.1, 0.15) is 58.3 Å². The van der Waals surface area contributed by atoms with Crippen LogP contribution in [0.3, 0.4) is 0 Å². The van der Waals surface area contributed by atoms with Crippen LogP contribution in [0.5, 0.6) is 0 Å². The Morgan fingerprint density at radius 1 is 1.00 bits per heavy atom. The zero-order valence-electron chi connectivity index (χ0n) is 12.3. The molecule has 114 valence electrons. The van der Waals surface area contributed by atoms with E-state index in [2.05, 4.69) is 13.0 Å². The van der Waals surface area contributed by atoms with Gasteiger partial charge in [0.05, 0.1) is 12.3 Å². The van der Waals surface area contributed by atoms with Crippen LogP contribution in [0.15, 0.2) is 24.3 Å². The van der Waals surface area contributed by atoms with Gasteiger partial charge in [-0.1, -0.05) is 56.9 Å². The number of carbonyl (C=O) groups is 2. The van der Waals surface area contributed by atoms with Gasteiger partial charge in [0.2, 0.25) is 0 Å². The van der Waals surface area contributed by atoms with Crippen molar-refractivity contribution in [3.05, 3.63) is 24.3 Å². The zero-order valence-corrected chi connectivity index (χ0v) is 12.3. The molecule has 0 aliphatic rings. The monoisotopic (exact) mass is 282 g/mol. The van der Waals surface area contributed by atoms with Crippen LogP contribution in [-0.2, 0) is 9.59 Å². The van der Waals surface area contributed by atoms with Gasteiger partial charge >= 0.3 is 11.9 Å². The zero-order chi connectivity index (χ0) is 15.2. The van der Waals surface area contributed by atoms with Gasteiger partial charge in [-0.05, 0) is 19.3 Å². The van der Waals surface area contributed by atoms with E-state index < -0.39 is 17.9 Å². The Kier molecular flexibility index (Phi) is 11.5. The van der Waals surface area contributed by atoms with Gasteiger partial charge in [-0.2, -0.15) is 0 Å². The van der Waals surface area contributed by atoms with E-state index in [1.54, 1.807) is 12.2 Å². The summed E-state index contributed by atoms with van der Waals surface area (Å²) in [4.78, 5) is 21.3. The number of hydrogen-bond acceptors (Lipinski definition) is 2. The lowest BCUT2D eigenvalue weighted by atomic mass is 10.0. The predicted molar refractivity (Wildman–Crippen MR) is 79.7 cm³/mol. The van der Waals surface area contributed by atoms with Gasteiger partial charge in [0, 0.05) is 0 Å². The second-order valence-electron chi connectivity index (χ2n) is 4.93. The van der Waals surface area contributed by atoms with E-state index in [0.29, 0.717) is 0 Å². The summed E-state index contributed by atoms with van der Waals surface area (Å²) in [6.45, 7) is 2.19. The molecule has 0 rings (SSSR count). The van der Waals surface area contributed by atoms with Gasteiger partial charge in [0.1, 0.15) is 0 Å². The van der Waals surface area contributed by atoms with Gasteiger partial charge in [-0.15, -0.1) is 0 Å². The fraction of sp³-hybridized carbons (Fsp3) is 0.625. The normalized spacial score (nSPS) is 13.1. The van der Waals surface area contributed by atoms with Crippen molar-refractivity contribution in [1.82, 2.24) is 0 Å². The predicted octanol–water partition coefficient (Wildman–Crippen LogP) is 4.02. The van der Waals surface area contributed by atoms with Crippen molar-refractivity contribution in [2.45, 2.75) is 58.3 Å². The molecule has 4 nitrogen and oxygen atoms in total. The third-order valence-electron chi connectivity index (χ3n) is 3.05. The van der Waals surface area contributed by atoms with Crippen LogP contribution in [0.2, 0.25) is 0 Å². The molecule has 20 heavy (non-hydrogen) atoms. The van der Waals surface area contributed by atoms with Crippen molar-refractivity contribution in [1.29, 1.82) is 0 Å². The minimum Gasteiger partial charge on any atom is -0.481 e. The number of carboxylic acids is 2. The Morgan fingerprint density at radius 3 is 2.25 bits per heavy atom. The molecular weight excluding hydrogens is 256 g/mol. The summed E-state index contributed by atoms with van der Waals surface area (Å²) in [6, 6.07) is 0. The molecule has 0 bridgehead atoms. The first-order valence-corrected chi connectivity index (χ1v) is 7.34. The summed E-state index contributed by atoms with van der Waals surface area (Å²) in [6.07, 6.45) is 14.7. The molecule has 0 spiro atoms. The quantitative estimate of drug-likeness (QED) is 0.418. The van der Waals surface area contributed by atoms with Crippen LogP contribution in [0.4, 0.5) is 0 Å². The fourth-order valence-corrected chi connectivity index (χ4v) is 1.84. The first kappa shape index (κ1) is 18.4. The fourth-order valence-electron chi connectivity index (χ4n) is 1.84. The molecule has 1 atom stereocenters. The van der Waals surface area contributed by atoms with E-state index in [9.17, 15) is 9.59 Å². The highest BCUT2D eigenvalue weighted by Crippen LogP contribution is 2.10. The highest BCUT2D eigenvalue weighted by Gasteiger charge is 2.18. The Hall–Kier alpha value is -1.58. The van der Waals surface area contributed by atoms with E-state index in [-0.39, 0.29) is 12.8 Å². The molecule has 0 aromatic carbocycles. The SMILES string of the molecule is CCCCCCC/C=C/C=C/CC(CC(=O)O)C(=O)O.